The van der Waals surface area contributed by atoms with Crippen LogP contribution >= 0.6 is 34.8 Å². The summed E-state index contributed by atoms with van der Waals surface area (Å²) >= 11 is 17.1. The molecule has 2 aromatic rings. The molecule has 0 saturated heterocycles. The third-order valence-electron chi connectivity index (χ3n) is 5.74. The summed E-state index contributed by atoms with van der Waals surface area (Å²) in [5.74, 6) is 0.0284. The molecule has 1 unspecified atom stereocenters. The van der Waals surface area contributed by atoms with Crippen LogP contribution in [0, 0.1) is 5.92 Å². The molecule has 0 spiro atoms. The Morgan fingerprint density at radius 1 is 1.00 bits per heavy atom. The van der Waals surface area contributed by atoms with Crippen molar-refractivity contribution in [1.29, 1.82) is 0 Å². The normalized spacial score (nSPS) is 17.2. The fourth-order valence-electron chi connectivity index (χ4n) is 4.28. The molecule has 0 saturated carbocycles. The number of hydrogen-bond acceptors (Lipinski definition) is 3. The second-order valence-electron chi connectivity index (χ2n) is 9.24. The van der Waals surface area contributed by atoms with Crippen molar-refractivity contribution in [2.24, 2.45) is 5.92 Å². The first-order valence-electron chi connectivity index (χ1n) is 10.9. The van der Waals surface area contributed by atoms with Gasteiger partial charge < -0.3 is 14.1 Å². The molecule has 8 heteroatoms. The van der Waals surface area contributed by atoms with Crippen LogP contribution < -0.4 is 10.4 Å². The van der Waals surface area contributed by atoms with Crippen LogP contribution in [0.5, 0.6) is 0 Å². The third kappa shape index (κ3) is 6.55. The van der Waals surface area contributed by atoms with Gasteiger partial charge >= 0.3 is 6.09 Å². The van der Waals surface area contributed by atoms with E-state index in [-0.39, 0.29) is 17.6 Å². The second kappa shape index (κ2) is 10.8. The molecule has 0 aromatic heterocycles. The second-order valence-corrected chi connectivity index (χ2v) is 16.1. The lowest BCUT2D eigenvalue weighted by Gasteiger charge is -2.44. The van der Waals surface area contributed by atoms with E-state index < -0.39 is 18.2 Å². The summed E-state index contributed by atoms with van der Waals surface area (Å²) in [5, 5.41) is 2.33. The van der Waals surface area contributed by atoms with E-state index in [9.17, 15) is 4.79 Å². The van der Waals surface area contributed by atoms with Crippen molar-refractivity contribution in [3.8, 4) is 0 Å². The topological polar surface area (TPSA) is 38.8 Å². The van der Waals surface area contributed by atoms with Gasteiger partial charge in [-0.15, -0.1) is 0 Å². The van der Waals surface area contributed by atoms with E-state index >= 15 is 0 Å². The Morgan fingerprint density at radius 2 is 1.55 bits per heavy atom. The molecule has 0 aliphatic carbocycles. The van der Waals surface area contributed by atoms with E-state index in [2.05, 4.69) is 75.4 Å². The zero-order chi connectivity index (χ0) is 24.1. The molecule has 0 radical (unpaired) electrons. The SMILES string of the molecule is CC(C)(C)[Si](OCC1C=CCN(C(=O)OCC(Cl)(Cl)Cl)C1)(c1ccccc1)c1ccccc1. The number of ether oxygens (including phenoxy) is 1. The highest BCUT2D eigenvalue weighted by atomic mass is 35.6. The zero-order valence-electron chi connectivity index (χ0n) is 19.1. The van der Waals surface area contributed by atoms with Gasteiger partial charge in [0.15, 0.2) is 0 Å². The molecule has 1 heterocycles. The van der Waals surface area contributed by atoms with Crippen LogP contribution in [0.4, 0.5) is 4.79 Å². The summed E-state index contributed by atoms with van der Waals surface area (Å²) in [6.07, 6.45) is 3.57. The number of carbonyl (C=O) groups is 1. The van der Waals surface area contributed by atoms with Gasteiger partial charge in [0.1, 0.15) is 6.61 Å². The number of amides is 1. The fraction of sp³-hybridized carbons (Fsp3) is 0.400. The summed E-state index contributed by atoms with van der Waals surface area (Å²) in [6, 6.07) is 21.0. The Balaban J connectivity index is 1.83. The molecule has 1 aliphatic rings. The molecule has 0 bridgehead atoms. The number of benzene rings is 2. The van der Waals surface area contributed by atoms with Crippen molar-refractivity contribution < 1.29 is 14.0 Å². The fourth-order valence-corrected chi connectivity index (χ4v) is 9.07. The van der Waals surface area contributed by atoms with Crippen molar-refractivity contribution in [1.82, 2.24) is 4.90 Å². The van der Waals surface area contributed by atoms with Gasteiger partial charge in [-0.05, 0) is 15.4 Å². The van der Waals surface area contributed by atoms with Crippen LogP contribution in [0.1, 0.15) is 20.8 Å². The molecular weight excluding hydrogens is 497 g/mol. The standard InChI is InChI=1S/C25H30Cl3NO3Si/c1-24(2,3)33(21-12-6-4-7-13-21,22-14-8-5-9-15-22)32-18-20-11-10-16-29(17-20)23(30)31-19-25(26,27)28/h4-15,20H,16-19H2,1-3H3. The van der Waals surface area contributed by atoms with Gasteiger partial charge in [-0.1, -0.05) is 128 Å². The van der Waals surface area contributed by atoms with Crippen LogP contribution in [0.3, 0.4) is 0 Å². The Bertz CT molecular complexity index is 903. The minimum absolute atomic E-state index is 0.0284. The highest BCUT2D eigenvalue weighted by Crippen LogP contribution is 2.37. The van der Waals surface area contributed by atoms with Crippen molar-refractivity contribution >= 4 is 59.6 Å². The number of halogens is 3. The lowest BCUT2D eigenvalue weighted by Crippen LogP contribution is -2.67. The molecule has 0 fully saturated rings. The number of alkyl halides is 3. The monoisotopic (exact) mass is 525 g/mol. The van der Waals surface area contributed by atoms with E-state index in [0.29, 0.717) is 19.7 Å². The first kappa shape index (κ1) is 26.1. The van der Waals surface area contributed by atoms with E-state index in [1.807, 2.05) is 18.2 Å². The molecule has 33 heavy (non-hydrogen) atoms. The van der Waals surface area contributed by atoms with Crippen LogP contribution in [0.2, 0.25) is 5.04 Å². The molecule has 2 aromatic carbocycles. The Hall–Kier alpha value is -1.50. The average Bonchev–Trinajstić information content (AvgIpc) is 2.78. The highest BCUT2D eigenvalue weighted by Gasteiger charge is 2.50. The maximum atomic E-state index is 12.5. The van der Waals surface area contributed by atoms with Crippen LogP contribution in [0.25, 0.3) is 0 Å². The molecular formula is C25H30Cl3NO3Si. The predicted octanol–water partition coefficient (Wildman–Crippen LogP) is 5.56. The Labute approximate surface area is 212 Å². The first-order chi connectivity index (χ1) is 15.5. The Morgan fingerprint density at radius 3 is 2.03 bits per heavy atom. The summed E-state index contributed by atoms with van der Waals surface area (Å²) in [7, 11) is -2.64. The van der Waals surface area contributed by atoms with Crippen LogP contribution in [0.15, 0.2) is 72.8 Å². The van der Waals surface area contributed by atoms with E-state index in [1.54, 1.807) is 4.90 Å². The first-order valence-corrected chi connectivity index (χ1v) is 14.0. The molecule has 0 N–H and O–H groups in total. The highest BCUT2D eigenvalue weighted by molar-refractivity contribution is 6.99. The van der Waals surface area contributed by atoms with Gasteiger partial charge in [-0.3, -0.25) is 0 Å². The quantitative estimate of drug-likeness (QED) is 0.281. The van der Waals surface area contributed by atoms with E-state index in [1.165, 1.54) is 10.4 Å². The van der Waals surface area contributed by atoms with Gasteiger partial charge in [0.05, 0.1) is 0 Å². The maximum Gasteiger partial charge on any atom is 0.410 e. The van der Waals surface area contributed by atoms with Gasteiger partial charge in [-0.25, -0.2) is 4.79 Å². The van der Waals surface area contributed by atoms with Crippen LogP contribution in [-0.2, 0) is 9.16 Å². The maximum absolute atomic E-state index is 12.5. The largest absolute Gasteiger partial charge is 0.445 e. The Kier molecular flexibility index (Phi) is 8.57. The zero-order valence-corrected chi connectivity index (χ0v) is 22.4. The van der Waals surface area contributed by atoms with Gasteiger partial charge in [0, 0.05) is 25.6 Å². The van der Waals surface area contributed by atoms with E-state index in [0.717, 1.165) is 0 Å². The van der Waals surface area contributed by atoms with Crippen molar-refractivity contribution in [3.05, 3.63) is 72.8 Å². The average molecular weight is 527 g/mol. The molecule has 3 rings (SSSR count). The van der Waals surface area contributed by atoms with Crippen molar-refractivity contribution in [3.63, 3.8) is 0 Å². The third-order valence-corrected chi connectivity index (χ3v) is 11.1. The summed E-state index contributed by atoms with van der Waals surface area (Å²) in [5.41, 5.74) is 0. The number of hydrogen-bond donors (Lipinski definition) is 0. The van der Waals surface area contributed by atoms with Crippen LogP contribution in [-0.4, -0.2) is 49.4 Å². The summed E-state index contributed by atoms with van der Waals surface area (Å²) in [4.78, 5) is 14.1. The lowest BCUT2D eigenvalue weighted by atomic mass is 10.1. The van der Waals surface area contributed by atoms with Gasteiger partial charge in [0.25, 0.3) is 8.32 Å². The number of rotatable bonds is 6. The minimum Gasteiger partial charge on any atom is -0.445 e. The number of nitrogens with zero attached hydrogens (tertiary/aromatic N) is 1. The molecule has 1 aliphatic heterocycles. The minimum atomic E-state index is -2.64. The molecule has 178 valence electrons. The molecule has 1 atom stereocenters. The smallest absolute Gasteiger partial charge is 0.410 e. The van der Waals surface area contributed by atoms with Gasteiger partial charge in [-0.2, -0.15) is 0 Å². The van der Waals surface area contributed by atoms with E-state index in [4.69, 9.17) is 44.0 Å². The predicted molar refractivity (Wildman–Crippen MR) is 139 cm³/mol. The van der Waals surface area contributed by atoms with Crippen molar-refractivity contribution in [2.45, 2.75) is 29.6 Å². The lowest BCUT2D eigenvalue weighted by molar-refractivity contribution is 0.0978. The van der Waals surface area contributed by atoms with Crippen molar-refractivity contribution in [2.75, 3.05) is 26.3 Å². The molecule has 4 nitrogen and oxygen atoms in total. The summed E-state index contributed by atoms with van der Waals surface area (Å²) < 4.78 is 10.5. The summed E-state index contributed by atoms with van der Waals surface area (Å²) in [6.45, 7) is 7.86. The number of carbonyl (C=O) groups excluding carboxylic acids is 1. The molecule has 1 amide bonds. The van der Waals surface area contributed by atoms with Gasteiger partial charge in [0.2, 0.25) is 3.79 Å².